The van der Waals surface area contributed by atoms with Crippen molar-refractivity contribution in [3.8, 4) is 11.5 Å². The molecule has 0 spiro atoms. The van der Waals surface area contributed by atoms with Crippen molar-refractivity contribution in [1.29, 1.82) is 0 Å². The molecule has 2 aromatic rings. The number of H-pyrrole nitrogens is 1. The monoisotopic (exact) mass is 303 g/mol. The molecule has 0 unspecified atom stereocenters. The van der Waals surface area contributed by atoms with Crippen LogP contribution in [0.3, 0.4) is 0 Å². The van der Waals surface area contributed by atoms with E-state index in [9.17, 15) is 10.2 Å². The molecule has 2 heterocycles. The first-order valence-corrected chi connectivity index (χ1v) is 7.53. The summed E-state index contributed by atoms with van der Waals surface area (Å²) in [6, 6.07) is 4.86. The minimum atomic E-state index is 0.151. The van der Waals surface area contributed by atoms with Gasteiger partial charge in [-0.05, 0) is 25.0 Å². The highest BCUT2D eigenvalue weighted by molar-refractivity contribution is 5.42. The zero-order valence-electron chi connectivity index (χ0n) is 12.4. The highest BCUT2D eigenvalue weighted by atomic mass is 16.5. The van der Waals surface area contributed by atoms with E-state index in [1.807, 2.05) is 0 Å². The maximum atomic E-state index is 9.84. The van der Waals surface area contributed by atoms with Crippen LogP contribution in [0.5, 0.6) is 11.5 Å². The number of hydrogen-bond acceptors (Lipinski definition) is 5. The Bertz CT molecular complexity index is 572. The van der Waals surface area contributed by atoms with Gasteiger partial charge in [0.05, 0.1) is 30.9 Å². The lowest BCUT2D eigenvalue weighted by Gasteiger charge is -2.32. The van der Waals surface area contributed by atoms with Crippen LogP contribution in [-0.4, -0.2) is 44.3 Å². The fraction of sp³-hybridized carbons (Fsp3) is 0.438. The van der Waals surface area contributed by atoms with E-state index in [0.717, 1.165) is 31.6 Å². The highest BCUT2D eigenvalue weighted by Crippen LogP contribution is 2.28. The molecule has 6 heteroatoms. The van der Waals surface area contributed by atoms with Gasteiger partial charge in [-0.15, -0.1) is 0 Å². The summed E-state index contributed by atoms with van der Waals surface area (Å²) in [4.78, 5) is 9.23. The number of nitrogens with one attached hydrogen (secondary N) is 1. The van der Waals surface area contributed by atoms with Gasteiger partial charge in [-0.25, -0.2) is 4.98 Å². The van der Waals surface area contributed by atoms with Crippen LogP contribution in [0.4, 0.5) is 0 Å². The molecule has 1 fully saturated rings. The van der Waals surface area contributed by atoms with Crippen molar-refractivity contribution >= 4 is 0 Å². The molecule has 1 aliphatic heterocycles. The highest BCUT2D eigenvalue weighted by Gasteiger charge is 2.21. The van der Waals surface area contributed by atoms with Gasteiger partial charge in [-0.2, -0.15) is 0 Å². The normalized spacial score (nSPS) is 16.9. The quantitative estimate of drug-likeness (QED) is 0.787. The number of nitrogens with zero attached hydrogens (tertiary/aromatic N) is 2. The van der Waals surface area contributed by atoms with E-state index in [4.69, 9.17) is 4.74 Å². The second-order valence-electron chi connectivity index (χ2n) is 5.64. The van der Waals surface area contributed by atoms with Gasteiger partial charge in [-0.3, -0.25) is 4.90 Å². The van der Waals surface area contributed by atoms with Gasteiger partial charge in [0.1, 0.15) is 11.5 Å². The lowest BCUT2D eigenvalue weighted by molar-refractivity contribution is -0.00529. The van der Waals surface area contributed by atoms with Crippen molar-refractivity contribution in [3.05, 3.63) is 42.0 Å². The van der Waals surface area contributed by atoms with Crippen LogP contribution in [0, 0.1) is 0 Å². The molecular weight excluding hydrogens is 282 g/mol. The number of aromatic amines is 1. The molecule has 22 heavy (non-hydrogen) atoms. The molecule has 1 aromatic heterocycles. The standard InChI is InChI=1S/C16H21N3O3/c20-15-2-1-3-16(21)14(15)9-19-6-4-13(5-7-19)22-10-12-8-17-11-18-12/h1-3,8,11,13,20-21H,4-7,9-10H2,(H,17,18). The van der Waals surface area contributed by atoms with Crippen molar-refractivity contribution in [2.45, 2.75) is 32.1 Å². The van der Waals surface area contributed by atoms with E-state index in [-0.39, 0.29) is 17.6 Å². The molecule has 1 aliphatic rings. The van der Waals surface area contributed by atoms with Crippen LogP contribution in [0.2, 0.25) is 0 Å². The van der Waals surface area contributed by atoms with E-state index in [1.54, 1.807) is 30.7 Å². The van der Waals surface area contributed by atoms with Gasteiger partial charge in [0.2, 0.25) is 0 Å². The molecule has 1 saturated heterocycles. The molecule has 0 bridgehead atoms. The number of aromatic hydroxyl groups is 2. The fourth-order valence-corrected chi connectivity index (χ4v) is 2.75. The molecule has 0 aliphatic carbocycles. The van der Waals surface area contributed by atoms with Gasteiger partial charge < -0.3 is 19.9 Å². The summed E-state index contributed by atoms with van der Waals surface area (Å²) in [5, 5.41) is 19.7. The second kappa shape index (κ2) is 6.81. The van der Waals surface area contributed by atoms with Crippen molar-refractivity contribution in [2.24, 2.45) is 0 Å². The number of phenolic OH excluding ortho intramolecular Hbond substituents is 2. The first-order chi connectivity index (χ1) is 10.7. The molecule has 0 saturated carbocycles. The van der Waals surface area contributed by atoms with Crippen LogP contribution in [0.25, 0.3) is 0 Å². The Morgan fingerprint density at radius 1 is 1.23 bits per heavy atom. The fourth-order valence-electron chi connectivity index (χ4n) is 2.75. The van der Waals surface area contributed by atoms with Gasteiger partial charge in [0.25, 0.3) is 0 Å². The van der Waals surface area contributed by atoms with Crippen molar-refractivity contribution < 1.29 is 14.9 Å². The summed E-state index contributed by atoms with van der Waals surface area (Å²) in [6.45, 7) is 2.90. The van der Waals surface area contributed by atoms with E-state index in [1.165, 1.54) is 0 Å². The first-order valence-electron chi connectivity index (χ1n) is 7.53. The second-order valence-corrected chi connectivity index (χ2v) is 5.64. The van der Waals surface area contributed by atoms with Gasteiger partial charge in [-0.1, -0.05) is 6.07 Å². The summed E-state index contributed by atoms with van der Waals surface area (Å²) in [6.07, 6.45) is 5.57. The number of benzene rings is 1. The molecule has 3 N–H and O–H groups in total. The van der Waals surface area contributed by atoms with Gasteiger partial charge >= 0.3 is 0 Å². The number of hydrogen-bond donors (Lipinski definition) is 3. The zero-order chi connectivity index (χ0) is 15.4. The van der Waals surface area contributed by atoms with Crippen LogP contribution >= 0.6 is 0 Å². The SMILES string of the molecule is Oc1cccc(O)c1CN1CCC(OCc2cnc[nH]2)CC1. The molecule has 0 radical (unpaired) electrons. The number of likely N-dealkylation sites (tertiary alicyclic amines) is 1. The Morgan fingerprint density at radius 2 is 1.95 bits per heavy atom. The van der Waals surface area contributed by atoms with E-state index in [2.05, 4.69) is 14.9 Å². The number of phenols is 2. The zero-order valence-corrected chi connectivity index (χ0v) is 12.4. The van der Waals surface area contributed by atoms with E-state index < -0.39 is 0 Å². The third kappa shape index (κ3) is 3.58. The number of aromatic nitrogens is 2. The largest absolute Gasteiger partial charge is 0.507 e. The third-order valence-corrected chi connectivity index (χ3v) is 4.07. The molecule has 0 atom stereocenters. The minimum absolute atomic E-state index is 0.151. The lowest BCUT2D eigenvalue weighted by atomic mass is 10.1. The summed E-state index contributed by atoms with van der Waals surface area (Å²) in [5.74, 6) is 0.301. The van der Waals surface area contributed by atoms with Crippen LogP contribution < -0.4 is 0 Å². The molecule has 1 aromatic carbocycles. The van der Waals surface area contributed by atoms with Gasteiger partial charge in [0, 0.05) is 25.2 Å². The Morgan fingerprint density at radius 3 is 2.59 bits per heavy atom. The van der Waals surface area contributed by atoms with Crippen molar-refractivity contribution in [3.63, 3.8) is 0 Å². The van der Waals surface area contributed by atoms with Crippen molar-refractivity contribution in [1.82, 2.24) is 14.9 Å². The molecular formula is C16H21N3O3. The smallest absolute Gasteiger partial charge is 0.123 e. The van der Waals surface area contributed by atoms with Crippen LogP contribution in [-0.2, 0) is 17.9 Å². The summed E-state index contributed by atoms with van der Waals surface area (Å²) >= 11 is 0. The van der Waals surface area contributed by atoms with Gasteiger partial charge in [0.15, 0.2) is 0 Å². The Labute approximate surface area is 129 Å². The van der Waals surface area contributed by atoms with Crippen LogP contribution in [0.1, 0.15) is 24.1 Å². The lowest BCUT2D eigenvalue weighted by Crippen LogP contribution is -2.36. The average molecular weight is 303 g/mol. The molecule has 118 valence electrons. The number of rotatable bonds is 5. The van der Waals surface area contributed by atoms with E-state index >= 15 is 0 Å². The number of piperidine rings is 1. The van der Waals surface area contributed by atoms with E-state index in [0.29, 0.717) is 18.7 Å². The minimum Gasteiger partial charge on any atom is -0.507 e. The molecule has 0 amide bonds. The predicted octanol–water partition coefficient (Wildman–Crippen LogP) is 2.00. The maximum Gasteiger partial charge on any atom is 0.123 e. The summed E-state index contributed by atoms with van der Waals surface area (Å²) in [7, 11) is 0. The maximum absolute atomic E-state index is 9.84. The Kier molecular flexibility index (Phi) is 4.60. The summed E-state index contributed by atoms with van der Waals surface area (Å²) in [5.41, 5.74) is 1.58. The number of imidazole rings is 1. The summed E-state index contributed by atoms with van der Waals surface area (Å²) < 4.78 is 5.88. The topological polar surface area (TPSA) is 81.6 Å². The molecule has 6 nitrogen and oxygen atoms in total. The first kappa shape index (κ1) is 14.9. The Hall–Kier alpha value is -2.05. The molecule has 3 rings (SSSR count). The predicted molar refractivity (Wildman–Crippen MR) is 81.4 cm³/mol. The Balaban J connectivity index is 1.47. The third-order valence-electron chi connectivity index (χ3n) is 4.07. The van der Waals surface area contributed by atoms with Crippen LogP contribution in [0.15, 0.2) is 30.7 Å². The van der Waals surface area contributed by atoms with Crippen molar-refractivity contribution in [2.75, 3.05) is 13.1 Å². The average Bonchev–Trinajstić information content (AvgIpc) is 3.04. The number of ether oxygens (including phenoxy) is 1.